The third-order valence-electron chi connectivity index (χ3n) is 3.87. The number of hydrogen-bond acceptors (Lipinski definition) is 5. The maximum atomic E-state index is 12.4. The van der Waals surface area contributed by atoms with Crippen molar-refractivity contribution in [2.24, 2.45) is 0 Å². The predicted octanol–water partition coefficient (Wildman–Crippen LogP) is 2.91. The summed E-state index contributed by atoms with van der Waals surface area (Å²) in [6.45, 7) is 0.112. The Morgan fingerprint density at radius 1 is 1.13 bits per heavy atom. The fraction of sp³-hybridized carbons (Fsp3) is 0.167. The van der Waals surface area contributed by atoms with E-state index >= 15 is 0 Å². The quantitative estimate of drug-likeness (QED) is 0.412. The summed E-state index contributed by atoms with van der Waals surface area (Å²) in [5.74, 6) is 0.352. The van der Waals surface area contributed by atoms with Crippen LogP contribution >= 0.6 is 0 Å². The molecule has 0 saturated heterocycles. The van der Waals surface area contributed by atoms with E-state index in [2.05, 4.69) is 19.5 Å². The minimum Gasteiger partial charge on any atom is -0.406 e. The number of aromatic nitrogens is 3. The summed E-state index contributed by atoms with van der Waals surface area (Å²) >= 11 is -2.20. The minimum absolute atomic E-state index is 0.112. The zero-order chi connectivity index (χ0) is 21.7. The van der Waals surface area contributed by atoms with Gasteiger partial charge >= 0.3 is 6.36 Å². The van der Waals surface area contributed by atoms with Crippen molar-refractivity contribution in [2.75, 3.05) is 6.54 Å². The minimum atomic E-state index is -4.80. The van der Waals surface area contributed by atoms with E-state index in [9.17, 15) is 22.2 Å². The van der Waals surface area contributed by atoms with Crippen molar-refractivity contribution in [1.82, 2.24) is 19.5 Å². The third-order valence-corrected chi connectivity index (χ3v) is 4.32. The molecular formula is C18H15F3N4O4S. The van der Waals surface area contributed by atoms with Crippen LogP contribution in [-0.4, -0.2) is 42.7 Å². The molecule has 1 aromatic heterocycles. The van der Waals surface area contributed by atoms with Crippen molar-refractivity contribution in [3.05, 3.63) is 59.9 Å². The highest BCUT2D eigenvalue weighted by Gasteiger charge is 2.31. The summed E-state index contributed by atoms with van der Waals surface area (Å²) in [6, 6.07) is 11.6. The van der Waals surface area contributed by atoms with E-state index in [-0.39, 0.29) is 18.7 Å². The number of ether oxygens (including phenoxy) is 1. The van der Waals surface area contributed by atoms with Crippen molar-refractivity contribution in [3.63, 3.8) is 0 Å². The highest BCUT2D eigenvalue weighted by atomic mass is 32.2. The Kier molecular flexibility index (Phi) is 6.59. The first kappa shape index (κ1) is 21.6. The molecule has 1 atom stereocenters. The number of carbonyl (C=O) groups excluding carboxylic acids is 1. The van der Waals surface area contributed by atoms with E-state index in [1.807, 2.05) is 0 Å². The van der Waals surface area contributed by atoms with Gasteiger partial charge in [-0.25, -0.2) is 18.6 Å². The van der Waals surface area contributed by atoms with Crippen molar-refractivity contribution < 1.29 is 31.5 Å². The van der Waals surface area contributed by atoms with Crippen LogP contribution in [0, 0.1) is 0 Å². The second kappa shape index (κ2) is 9.15. The van der Waals surface area contributed by atoms with Gasteiger partial charge in [-0.15, -0.1) is 18.3 Å². The van der Waals surface area contributed by atoms with Crippen LogP contribution in [-0.2, 0) is 17.7 Å². The molecule has 0 fully saturated rings. The molecule has 0 aliphatic rings. The van der Waals surface area contributed by atoms with E-state index in [1.165, 1.54) is 16.8 Å². The number of nitrogens with zero attached hydrogens (tertiary/aromatic N) is 3. The largest absolute Gasteiger partial charge is 0.573 e. The number of rotatable bonds is 8. The zero-order valence-electron chi connectivity index (χ0n) is 15.2. The van der Waals surface area contributed by atoms with Gasteiger partial charge in [-0.05, 0) is 24.3 Å². The molecule has 0 aliphatic carbocycles. The molecule has 2 N–H and O–H groups in total. The molecule has 0 amide bonds. The number of halogens is 3. The molecule has 3 rings (SSSR count). The molecule has 30 heavy (non-hydrogen) atoms. The van der Waals surface area contributed by atoms with Crippen LogP contribution in [0.25, 0.3) is 17.1 Å². The van der Waals surface area contributed by atoms with Gasteiger partial charge in [-0.2, -0.15) is 0 Å². The molecule has 8 nitrogen and oxygen atoms in total. The van der Waals surface area contributed by atoms with Crippen LogP contribution in [0.1, 0.15) is 16.2 Å². The van der Waals surface area contributed by atoms with Crippen LogP contribution in [0.3, 0.4) is 0 Å². The number of hydrogen-bond donors (Lipinski definition) is 2. The van der Waals surface area contributed by atoms with Gasteiger partial charge in [0.15, 0.2) is 5.82 Å². The highest BCUT2D eigenvalue weighted by molar-refractivity contribution is 7.77. The molecule has 1 heterocycles. The smallest absolute Gasteiger partial charge is 0.406 e. The first-order valence-electron chi connectivity index (χ1n) is 8.47. The van der Waals surface area contributed by atoms with Gasteiger partial charge in [0, 0.05) is 24.1 Å². The van der Waals surface area contributed by atoms with Gasteiger partial charge in [0.2, 0.25) is 11.3 Å². The molecule has 158 valence electrons. The molecule has 1 unspecified atom stereocenters. The maximum Gasteiger partial charge on any atom is 0.573 e. The lowest BCUT2D eigenvalue weighted by molar-refractivity contribution is -0.274. The van der Waals surface area contributed by atoms with Crippen molar-refractivity contribution in [3.8, 4) is 22.8 Å². The van der Waals surface area contributed by atoms with Gasteiger partial charge in [-0.1, -0.05) is 24.3 Å². The first-order valence-corrected chi connectivity index (χ1v) is 9.58. The monoisotopic (exact) mass is 440 g/mol. The Morgan fingerprint density at radius 2 is 1.80 bits per heavy atom. The summed E-state index contributed by atoms with van der Waals surface area (Å²) in [6.07, 6.45) is -3.88. The first-order chi connectivity index (χ1) is 14.2. The standard InChI is InChI=1S/C18H15F3N4O4S/c19-18(20,21)29-15-7-5-14(6-8-15)25-16(9-10-22-30(27)28)23-17(24-25)13-3-1-12(11-26)2-4-13/h1-8,11,22H,9-10H2,(H,27,28). The second-order valence-electron chi connectivity index (χ2n) is 5.94. The van der Waals surface area contributed by atoms with Gasteiger partial charge in [0.05, 0.1) is 5.69 Å². The zero-order valence-corrected chi connectivity index (χ0v) is 16.0. The predicted molar refractivity (Wildman–Crippen MR) is 101 cm³/mol. The van der Waals surface area contributed by atoms with E-state index in [1.54, 1.807) is 24.3 Å². The van der Waals surface area contributed by atoms with Crippen molar-refractivity contribution >= 4 is 17.6 Å². The van der Waals surface area contributed by atoms with Crippen LogP contribution in [0.2, 0.25) is 0 Å². The van der Waals surface area contributed by atoms with E-state index < -0.39 is 17.6 Å². The molecule has 2 aromatic carbocycles. The van der Waals surface area contributed by atoms with Crippen LogP contribution in [0.15, 0.2) is 48.5 Å². The number of nitrogens with one attached hydrogen (secondary N) is 1. The summed E-state index contributed by atoms with van der Waals surface area (Å²) < 4.78 is 64.3. The van der Waals surface area contributed by atoms with Crippen LogP contribution in [0.5, 0.6) is 5.75 Å². The summed E-state index contributed by atoms with van der Waals surface area (Å²) in [5.41, 5.74) is 1.53. The molecule has 0 saturated carbocycles. The summed E-state index contributed by atoms with van der Waals surface area (Å²) in [4.78, 5) is 15.2. The third kappa shape index (κ3) is 5.72. The number of aldehydes is 1. The lowest BCUT2D eigenvalue weighted by Crippen LogP contribution is -2.20. The highest BCUT2D eigenvalue weighted by Crippen LogP contribution is 2.25. The van der Waals surface area contributed by atoms with E-state index in [0.717, 1.165) is 12.1 Å². The Hall–Kier alpha value is -3.09. The second-order valence-corrected chi connectivity index (χ2v) is 6.73. The van der Waals surface area contributed by atoms with Gasteiger partial charge in [0.25, 0.3) is 0 Å². The van der Waals surface area contributed by atoms with E-state index in [4.69, 9.17) is 4.55 Å². The fourth-order valence-electron chi connectivity index (χ4n) is 2.59. The fourth-order valence-corrected chi connectivity index (χ4v) is 2.86. The van der Waals surface area contributed by atoms with Crippen LogP contribution in [0.4, 0.5) is 13.2 Å². The Morgan fingerprint density at radius 3 is 2.37 bits per heavy atom. The molecule has 0 radical (unpaired) electrons. The number of alkyl halides is 3. The lowest BCUT2D eigenvalue weighted by Gasteiger charge is -2.10. The SMILES string of the molecule is O=Cc1ccc(-c2nc(CCNS(=O)O)n(-c3ccc(OC(F)(F)F)cc3)n2)cc1. The van der Waals surface area contributed by atoms with Crippen molar-refractivity contribution in [1.29, 1.82) is 0 Å². The summed E-state index contributed by atoms with van der Waals surface area (Å²) in [5, 5.41) is 4.40. The van der Waals surface area contributed by atoms with E-state index in [0.29, 0.717) is 34.7 Å². The van der Waals surface area contributed by atoms with Gasteiger partial charge < -0.3 is 4.74 Å². The molecular weight excluding hydrogens is 425 g/mol. The Labute approximate surface area is 171 Å². The molecule has 12 heteroatoms. The maximum absolute atomic E-state index is 12.4. The lowest BCUT2D eigenvalue weighted by atomic mass is 10.1. The average molecular weight is 440 g/mol. The van der Waals surface area contributed by atoms with Gasteiger partial charge in [0.1, 0.15) is 17.9 Å². The van der Waals surface area contributed by atoms with Crippen LogP contribution < -0.4 is 9.46 Å². The summed E-state index contributed by atoms with van der Waals surface area (Å²) in [7, 11) is 0. The van der Waals surface area contributed by atoms with Gasteiger partial charge in [-0.3, -0.25) is 9.35 Å². The molecule has 3 aromatic rings. The topological polar surface area (TPSA) is 106 Å². The number of carbonyl (C=O) groups is 1. The molecule has 0 bridgehead atoms. The molecule has 0 spiro atoms. The number of benzene rings is 2. The van der Waals surface area contributed by atoms with Crippen molar-refractivity contribution in [2.45, 2.75) is 12.8 Å². The Bertz CT molecular complexity index is 1040. The Balaban J connectivity index is 1.92. The molecule has 0 aliphatic heterocycles. The average Bonchev–Trinajstić information content (AvgIpc) is 3.11. The normalized spacial score (nSPS) is 12.5.